The first-order valence-electron chi connectivity index (χ1n) is 11.2. The van der Waals surface area contributed by atoms with Crippen molar-refractivity contribution in [1.29, 1.82) is 0 Å². The van der Waals surface area contributed by atoms with Gasteiger partial charge in [-0.3, -0.25) is 4.79 Å². The van der Waals surface area contributed by atoms with Gasteiger partial charge in [0.05, 0.1) is 4.90 Å². The number of benzene rings is 3. The van der Waals surface area contributed by atoms with Gasteiger partial charge in [-0.05, 0) is 47.0 Å². The van der Waals surface area contributed by atoms with Crippen molar-refractivity contribution in [2.45, 2.75) is 17.7 Å². The van der Waals surface area contributed by atoms with Crippen LogP contribution >= 0.6 is 11.8 Å². The number of amides is 1. The van der Waals surface area contributed by atoms with Gasteiger partial charge < -0.3 is 10.2 Å². The highest BCUT2D eigenvalue weighted by atomic mass is 32.2. The molecule has 174 valence electrons. The van der Waals surface area contributed by atoms with Crippen LogP contribution in [0.1, 0.15) is 12.0 Å². The lowest BCUT2D eigenvalue weighted by Gasteiger charge is -2.26. The third kappa shape index (κ3) is 6.80. The van der Waals surface area contributed by atoms with Gasteiger partial charge in [0.25, 0.3) is 0 Å². The number of nitrogens with one attached hydrogen (secondary N) is 2. The smallest absolute Gasteiger partial charge is 0.240 e. The van der Waals surface area contributed by atoms with Crippen molar-refractivity contribution in [2.75, 3.05) is 43.0 Å². The number of carbonyl (C=O) groups excluding carboxylic acids is 1. The highest BCUT2D eigenvalue weighted by Gasteiger charge is 2.15. The minimum absolute atomic E-state index is 0.0349. The number of anilines is 1. The lowest BCUT2D eigenvalue weighted by molar-refractivity contribution is -0.116. The Labute approximate surface area is 199 Å². The van der Waals surface area contributed by atoms with Gasteiger partial charge >= 0.3 is 0 Å². The second-order valence-corrected chi connectivity index (χ2v) is 11.1. The third-order valence-electron chi connectivity index (χ3n) is 5.73. The molecule has 0 saturated carbocycles. The molecule has 2 N–H and O–H groups in total. The summed E-state index contributed by atoms with van der Waals surface area (Å²) in [5, 5.41) is 4.67. The van der Waals surface area contributed by atoms with Crippen LogP contribution in [0.2, 0.25) is 0 Å². The maximum atomic E-state index is 12.6. The molecule has 0 radical (unpaired) electrons. The van der Waals surface area contributed by atoms with Crippen LogP contribution in [0.3, 0.4) is 0 Å². The lowest BCUT2D eigenvalue weighted by Crippen LogP contribution is -2.34. The number of carbonyl (C=O) groups is 1. The van der Waals surface area contributed by atoms with Gasteiger partial charge in [-0.15, -0.1) is 0 Å². The SMILES string of the molecule is O=C(CCNS(=O)(=O)c1ccc2ccccc2c1)Nc1ccc(CCN2CCSCC2)cc1. The highest BCUT2D eigenvalue weighted by Crippen LogP contribution is 2.19. The summed E-state index contributed by atoms with van der Waals surface area (Å²) in [5.74, 6) is 2.20. The van der Waals surface area contributed by atoms with E-state index in [0.717, 1.165) is 42.5 Å². The van der Waals surface area contributed by atoms with E-state index in [-0.39, 0.29) is 23.8 Å². The van der Waals surface area contributed by atoms with E-state index in [1.807, 2.05) is 60.3 Å². The lowest BCUT2D eigenvalue weighted by atomic mass is 10.1. The summed E-state index contributed by atoms with van der Waals surface area (Å²) in [7, 11) is -3.68. The van der Waals surface area contributed by atoms with Gasteiger partial charge in [0.15, 0.2) is 0 Å². The van der Waals surface area contributed by atoms with Gasteiger partial charge in [-0.25, -0.2) is 13.1 Å². The molecule has 1 saturated heterocycles. The minimum Gasteiger partial charge on any atom is -0.326 e. The number of rotatable bonds is 9. The first kappa shape index (κ1) is 23.8. The van der Waals surface area contributed by atoms with E-state index >= 15 is 0 Å². The molecule has 1 fully saturated rings. The van der Waals surface area contributed by atoms with Crippen LogP contribution in [0.15, 0.2) is 71.6 Å². The van der Waals surface area contributed by atoms with E-state index in [0.29, 0.717) is 0 Å². The van der Waals surface area contributed by atoms with E-state index in [2.05, 4.69) is 14.9 Å². The second-order valence-electron chi connectivity index (χ2n) is 8.11. The van der Waals surface area contributed by atoms with E-state index < -0.39 is 10.0 Å². The molecule has 1 aliphatic heterocycles. The van der Waals surface area contributed by atoms with E-state index in [4.69, 9.17) is 0 Å². The molecule has 6 nitrogen and oxygen atoms in total. The van der Waals surface area contributed by atoms with Crippen molar-refractivity contribution < 1.29 is 13.2 Å². The van der Waals surface area contributed by atoms with E-state index in [9.17, 15) is 13.2 Å². The fourth-order valence-electron chi connectivity index (χ4n) is 3.81. The topological polar surface area (TPSA) is 78.5 Å². The van der Waals surface area contributed by atoms with Crippen LogP contribution in [0.5, 0.6) is 0 Å². The van der Waals surface area contributed by atoms with Crippen LogP contribution in [0.25, 0.3) is 10.8 Å². The third-order valence-corrected chi connectivity index (χ3v) is 8.13. The number of hydrogen-bond acceptors (Lipinski definition) is 5. The number of thioether (sulfide) groups is 1. The van der Waals surface area contributed by atoms with Crippen molar-refractivity contribution in [3.8, 4) is 0 Å². The Balaban J connectivity index is 1.23. The predicted octanol–water partition coefficient (Wildman–Crippen LogP) is 3.74. The molecule has 33 heavy (non-hydrogen) atoms. The average molecular weight is 484 g/mol. The van der Waals surface area contributed by atoms with Crippen LogP contribution in [-0.4, -0.2) is 56.9 Å². The molecule has 0 bridgehead atoms. The number of hydrogen-bond donors (Lipinski definition) is 2. The summed E-state index contributed by atoms with van der Waals surface area (Å²) in [6, 6.07) is 20.5. The van der Waals surface area contributed by atoms with Gasteiger partial charge in [-0.2, -0.15) is 11.8 Å². The Morgan fingerprint density at radius 2 is 1.67 bits per heavy atom. The first-order valence-corrected chi connectivity index (χ1v) is 13.8. The van der Waals surface area contributed by atoms with Gasteiger partial charge in [-0.1, -0.05) is 42.5 Å². The molecule has 3 aromatic rings. The first-order chi connectivity index (χ1) is 16.0. The number of nitrogens with zero attached hydrogens (tertiary/aromatic N) is 1. The summed E-state index contributed by atoms with van der Waals surface area (Å²) in [5.41, 5.74) is 1.96. The normalized spacial score (nSPS) is 14.9. The predicted molar refractivity (Wildman–Crippen MR) is 136 cm³/mol. The average Bonchev–Trinajstić information content (AvgIpc) is 2.84. The van der Waals surface area contributed by atoms with Crippen molar-refractivity contribution >= 4 is 44.2 Å². The summed E-state index contributed by atoms with van der Waals surface area (Å²) in [4.78, 5) is 15.0. The summed E-state index contributed by atoms with van der Waals surface area (Å²) < 4.78 is 27.7. The zero-order chi connectivity index (χ0) is 23.1. The standard InChI is InChI=1S/C25H29N3O3S2/c29-25(27-23-8-5-20(6-9-23)12-14-28-15-17-32-18-16-28)11-13-26-33(30,31)24-10-7-21-3-1-2-4-22(21)19-24/h1-10,19,26H,11-18H2,(H,27,29). The van der Waals surface area contributed by atoms with E-state index in [1.54, 1.807) is 18.2 Å². The fourth-order valence-corrected chi connectivity index (χ4v) is 5.85. The molecule has 0 atom stereocenters. The molecule has 0 spiro atoms. The summed E-state index contributed by atoms with van der Waals surface area (Å²) >= 11 is 2.01. The van der Waals surface area contributed by atoms with Gasteiger partial charge in [0.2, 0.25) is 15.9 Å². The van der Waals surface area contributed by atoms with Crippen LogP contribution in [0, 0.1) is 0 Å². The zero-order valence-corrected chi connectivity index (χ0v) is 20.1. The molecule has 0 unspecified atom stereocenters. The quantitative estimate of drug-likeness (QED) is 0.485. The Morgan fingerprint density at radius 3 is 2.42 bits per heavy atom. The highest BCUT2D eigenvalue weighted by molar-refractivity contribution is 7.99. The Kier molecular flexibility index (Phi) is 8.03. The molecule has 1 amide bonds. The summed E-state index contributed by atoms with van der Waals surface area (Å²) in [6.07, 6.45) is 1.05. The monoisotopic (exact) mass is 483 g/mol. The second kappa shape index (κ2) is 11.2. The minimum atomic E-state index is -3.68. The van der Waals surface area contributed by atoms with Crippen molar-refractivity contribution in [1.82, 2.24) is 9.62 Å². The fraction of sp³-hybridized carbons (Fsp3) is 0.320. The van der Waals surface area contributed by atoms with Crippen LogP contribution in [-0.2, 0) is 21.2 Å². The molecular weight excluding hydrogens is 454 g/mol. The molecule has 1 heterocycles. The number of fused-ring (bicyclic) bond motifs is 1. The van der Waals surface area contributed by atoms with Gasteiger partial charge in [0, 0.05) is 49.8 Å². The Morgan fingerprint density at radius 1 is 0.939 bits per heavy atom. The van der Waals surface area contributed by atoms with Crippen molar-refractivity contribution in [3.63, 3.8) is 0 Å². The molecule has 0 aromatic heterocycles. The summed E-state index contributed by atoms with van der Waals surface area (Å²) in [6.45, 7) is 3.41. The molecule has 0 aliphatic carbocycles. The maximum absolute atomic E-state index is 12.6. The van der Waals surface area contributed by atoms with E-state index in [1.165, 1.54) is 17.1 Å². The van der Waals surface area contributed by atoms with Crippen LogP contribution < -0.4 is 10.0 Å². The van der Waals surface area contributed by atoms with Crippen molar-refractivity contribution in [2.24, 2.45) is 0 Å². The zero-order valence-electron chi connectivity index (χ0n) is 18.5. The maximum Gasteiger partial charge on any atom is 0.240 e. The molecule has 4 rings (SSSR count). The largest absolute Gasteiger partial charge is 0.326 e. The van der Waals surface area contributed by atoms with Crippen LogP contribution in [0.4, 0.5) is 5.69 Å². The molecule has 3 aromatic carbocycles. The number of sulfonamides is 1. The van der Waals surface area contributed by atoms with Gasteiger partial charge in [0.1, 0.15) is 0 Å². The molecular formula is C25H29N3O3S2. The molecule has 8 heteroatoms. The molecule has 1 aliphatic rings. The Bertz CT molecular complexity index is 1190. The van der Waals surface area contributed by atoms with Crippen molar-refractivity contribution in [3.05, 3.63) is 72.3 Å². The Hall–Kier alpha value is -2.39.